The molecule has 106 valence electrons. The third kappa shape index (κ3) is 7.15. The molecule has 0 aromatic heterocycles. The first-order chi connectivity index (χ1) is 8.21. The van der Waals surface area contributed by atoms with Crippen molar-refractivity contribution in [2.45, 2.75) is 60.3 Å². The van der Waals surface area contributed by atoms with Gasteiger partial charge in [-0.15, -0.1) is 0 Å². The highest BCUT2D eigenvalue weighted by atomic mass is 31.2. The van der Waals surface area contributed by atoms with Crippen molar-refractivity contribution in [1.29, 1.82) is 0 Å². The topological polar surface area (TPSA) is 57.5 Å². The lowest BCUT2D eigenvalue weighted by atomic mass is 9.97. The van der Waals surface area contributed by atoms with Gasteiger partial charge in [0.25, 0.3) is 0 Å². The Morgan fingerprint density at radius 2 is 1.44 bits per heavy atom. The van der Waals surface area contributed by atoms with Crippen molar-refractivity contribution in [2.24, 2.45) is 0 Å². The monoisotopic (exact) mass is 274 g/mol. The molecule has 0 spiro atoms. The number of rotatable bonds is 7. The van der Waals surface area contributed by atoms with E-state index in [0.717, 1.165) is 30.4 Å². The molecule has 18 heavy (non-hydrogen) atoms. The van der Waals surface area contributed by atoms with E-state index in [9.17, 15) is 4.57 Å². The first kappa shape index (κ1) is 17.6. The van der Waals surface area contributed by atoms with E-state index >= 15 is 0 Å². The van der Waals surface area contributed by atoms with Gasteiger partial charge in [0.2, 0.25) is 0 Å². The summed E-state index contributed by atoms with van der Waals surface area (Å²) in [6, 6.07) is 0. The highest BCUT2D eigenvalue weighted by Crippen LogP contribution is 2.38. The summed E-state index contributed by atoms with van der Waals surface area (Å²) in [6.07, 6.45) is 3.57. The fourth-order valence-corrected chi connectivity index (χ4v) is 3.08. The first-order valence-corrected chi connectivity index (χ1v) is 8.38. The molecule has 0 unspecified atom stereocenters. The molecule has 0 atom stereocenters. The Morgan fingerprint density at radius 1 is 0.944 bits per heavy atom. The largest absolute Gasteiger partial charge is 0.329 e. The van der Waals surface area contributed by atoms with Crippen LogP contribution in [0.2, 0.25) is 0 Å². The zero-order chi connectivity index (χ0) is 14.3. The van der Waals surface area contributed by atoms with Gasteiger partial charge in [-0.3, -0.25) is 4.57 Å². The van der Waals surface area contributed by atoms with E-state index in [4.69, 9.17) is 9.79 Å². The molecule has 0 saturated heterocycles. The van der Waals surface area contributed by atoms with Crippen LogP contribution in [0.4, 0.5) is 0 Å². The minimum atomic E-state index is -3.94. The molecular weight excluding hydrogens is 247 g/mol. The molecule has 4 heteroatoms. The lowest BCUT2D eigenvalue weighted by Crippen LogP contribution is -1.97. The van der Waals surface area contributed by atoms with Crippen molar-refractivity contribution < 1.29 is 14.4 Å². The van der Waals surface area contributed by atoms with Crippen LogP contribution in [0.3, 0.4) is 0 Å². The molecule has 2 N–H and O–H groups in total. The molecule has 0 rings (SSSR count). The Morgan fingerprint density at radius 3 is 1.78 bits per heavy atom. The molecule has 0 aromatic carbocycles. The van der Waals surface area contributed by atoms with Crippen LogP contribution in [0.5, 0.6) is 0 Å². The quantitative estimate of drug-likeness (QED) is 0.534. The van der Waals surface area contributed by atoms with E-state index in [1.54, 1.807) is 0 Å². The van der Waals surface area contributed by atoms with Crippen molar-refractivity contribution in [3.05, 3.63) is 22.3 Å². The summed E-state index contributed by atoms with van der Waals surface area (Å²) in [7, 11) is -3.94. The second-order valence-corrected chi connectivity index (χ2v) is 6.66. The van der Waals surface area contributed by atoms with E-state index in [0.29, 0.717) is 6.42 Å². The van der Waals surface area contributed by atoms with Crippen LogP contribution in [0.15, 0.2) is 22.3 Å². The molecule has 0 aliphatic heterocycles. The zero-order valence-electron chi connectivity index (χ0n) is 12.3. The fraction of sp³-hybridized carbons (Fsp3) is 0.714. The summed E-state index contributed by atoms with van der Waals surface area (Å²) in [4.78, 5) is 18.1. The van der Waals surface area contributed by atoms with Crippen LogP contribution in [0.1, 0.15) is 60.3 Å². The van der Waals surface area contributed by atoms with Crippen molar-refractivity contribution in [3.8, 4) is 0 Å². The summed E-state index contributed by atoms with van der Waals surface area (Å²) >= 11 is 0. The van der Waals surface area contributed by atoms with Crippen LogP contribution < -0.4 is 0 Å². The maximum Gasteiger partial charge on any atom is 0.329 e. The SMILES string of the molecule is CCC(CC/C(C)=C(\CC)CP(=O)(O)O)=C(C)C. The Hall–Kier alpha value is -0.370. The van der Waals surface area contributed by atoms with Crippen LogP contribution in [-0.4, -0.2) is 15.9 Å². The lowest BCUT2D eigenvalue weighted by molar-refractivity contribution is 0.375. The third-order valence-electron chi connectivity index (χ3n) is 3.36. The molecule has 0 amide bonds. The average Bonchev–Trinajstić information content (AvgIpc) is 2.24. The van der Waals surface area contributed by atoms with E-state index in [1.165, 1.54) is 11.1 Å². The van der Waals surface area contributed by atoms with Crippen molar-refractivity contribution in [1.82, 2.24) is 0 Å². The maximum atomic E-state index is 11.1. The minimum absolute atomic E-state index is 0.0917. The first-order valence-electron chi connectivity index (χ1n) is 6.58. The van der Waals surface area contributed by atoms with Gasteiger partial charge in [0.15, 0.2) is 0 Å². The van der Waals surface area contributed by atoms with Crippen LogP contribution in [-0.2, 0) is 4.57 Å². The summed E-state index contributed by atoms with van der Waals surface area (Å²) in [5.41, 5.74) is 4.85. The summed E-state index contributed by atoms with van der Waals surface area (Å²) in [5.74, 6) is 0. The van der Waals surface area contributed by atoms with Crippen molar-refractivity contribution >= 4 is 7.60 Å². The molecule has 0 aliphatic rings. The molecule has 0 aromatic rings. The van der Waals surface area contributed by atoms with Gasteiger partial charge in [-0.2, -0.15) is 0 Å². The van der Waals surface area contributed by atoms with E-state index in [2.05, 4.69) is 20.8 Å². The number of hydrogen-bond donors (Lipinski definition) is 2. The second-order valence-electron chi connectivity index (χ2n) is 5.02. The van der Waals surface area contributed by atoms with E-state index in [-0.39, 0.29) is 6.16 Å². The molecule has 3 nitrogen and oxygen atoms in total. The molecule has 0 saturated carbocycles. The molecular formula is C14H27O3P. The van der Waals surface area contributed by atoms with Crippen LogP contribution in [0.25, 0.3) is 0 Å². The summed E-state index contributed by atoms with van der Waals surface area (Å²) in [6.45, 7) is 10.3. The molecule has 0 radical (unpaired) electrons. The van der Waals surface area contributed by atoms with Gasteiger partial charge in [-0.05, 0) is 46.5 Å². The van der Waals surface area contributed by atoms with Gasteiger partial charge in [0.1, 0.15) is 0 Å². The zero-order valence-corrected chi connectivity index (χ0v) is 13.2. The Balaban J connectivity index is 4.74. The highest BCUT2D eigenvalue weighted by Gasteiger charge is 2.16. The number of allylic oxidation sites excluding steroid dienone is 4. The Labute approximate surface area is 111 Å². The molecule has 0 fully saturated rings. The van der Waals surface area contributed by atoms with Crippen molar-refractivity contribution in [3.63, 3.8) is 0 Å². The fourth-order valence-electron chi connectivity index (χ4n) is 2.09. The molecule has 0 aliphatic carbocycles. The van der Waals surface area contributed by atoms with Gasteiger partial charge in [-0.25, -0.2) is 0 Å². The van der Waals surface area contributed by atoms with Gasteiger partial charge >= 0.3 is 7.60 Å². The molecule has 0 heterocycles. The second kappa shape index (κ2) is 7.93. The standard InChI is InChI=1S/C14H27O3P/c1-6-13(11(3)4)9-8-12(5)14(7-2)10-18(15,16)17/h6-10H2,1-5H3,(H2,15,16,17)/b14-12+. The average molecular weight is 274 g/mol. The Bertz CT molecular complexity index is 371. The van der Waals surface area contributed by atoms with Crippen molar-refractivity contribution in [2.75, 3.05) is 6.16 Å². The maximum absolute atomic E-state index is 11.1. The predicted molar refractivity (Wildman–Crippen MR) is 77.8 cm³/mol. The minimum Gasteiger partial charge on any atom is -0.324 e. The van der Waals surface area contributed by atoms with Gasteiger partial charge in [0, 0.05) is 0 Å². The van der Waals surface area contributed by atoms with Gasteiger partial charge < -0.3 is 9.79 Å². The Kier molecular flexibility index (Phi) is 7.77. The summed E-state index contributed by atoms with van der Waals surface area (Å²) < 4.78 is 11.1. The molecule has 0 bridgehead atoms. The third-order valence-corrected chi connectivity index (χ3v) is 4.16. The number of hydrogen-bond acceptors (Lipinski definition) is 1. The predicted octanol–water partition coefficient (Wildman–Crippen LogP) is 4.42. The van der Waals surface area contributed by atoms with E-state index in [1.807, 2.05) is 13.8 Å². The van der Waals surface area contributed by atoms with Crippen LogP contribution in [0, 0.1) is 0 Å². The summed E-state index contributed by atoms with van der Waals surface area (Å²) in [5, 5.41) is 0. The van der Waals surface area contributed by atoms with Crippen LogP contribution >= 0.6 is 7.60 Å². The highest BCUT2D eigenvalue weighted by molar-refractivity contribution is 7.52. The van der Waals surface area contributed by atoms with Gasteiger partial charge in [-0.1, -0.05) is 36.1 Å². The van der Waals surface area contributed by atoms with Gasteiger partial charge in [0.05, 0.1) is 6.16 Å². The normalized spacial score (nSPS) is 13.3. The smallest absolute Gasteiger partial charge is 0.324 e. The lowest BCUT2D eigenvalue weighted by Gasteiger charge is -2.13. The van der Waals surface area contributed by atoms with E-state index < -0.39 is 7.60 Å².